The van der Waals surface area contributed by atoms with Crippen molar-refractivity contribution in [1.29, 1.82) is 0 Å². The number of nitrogens with zero attached hydrogens (tertiary/aromatic N) is 2. The SMILES string of the molecule is c1ccc2c(c1)ccc1ccc3c4ccc(-c5nc(-c6cccc7oc8ccccc8c67)c6ccccc6n5)cc4ccc3c12. The zero-order valence-electron chi connectivity index (χ0n) is 24.2. The fourth-order valence-corrected chi connectivity index (χ4v) is 7.17. The summed E-state index contributed by atoms with van der Waals surface area (Å²) in [7, 11) is 0. The molecule has 0 bridgehead atoms. The Kier molecular flexibility index (Phi) is 5.00. The molecule has 10 rings (SSSR count). The Morgan fingerprint density at radius 3 is 2.07 bits per heavy atom. The molecule has 0 aliphatic rings. The second-order valence-electron chi connectivity index (χ2n) is 11.7. The maximum Gasteiger partial charge on any atom is 0.160 e. The van der Waals surface area contributed by atoms with E-state index in [-0.39, 0.29) is 0 Å². The summed E-state index contributed by atoms with van der Waals surface area (Å²) >= 11 is 0. The van der Waals surface area contributed by atoms with Gasteiger partial charge in [0.2, 0.25) is 0 Å². The predicted molar refractivity (Wildman–Crippen MR) is 188 cm³/mol. The monoisotopic (exact) mass is 572 g/mol. The van der Waals surface area contributed by atoms with Gasteiger partial charge in [0, 0.05) is 27.3 Å². The third-order valence-corrected chi connectivity index (χ3v) is 9.24. The quantitative estimate of drug-likeness (QED) is 0.193. The zero-order chi connectivity index (χ0) is 29.5. The van der Waals surface area contributed by atoms with E-state index in [4.69, 9.17) is 14.4 Å². The van der Waals surface area contributed by atoms with Crippen LogP contribution in [0, 0.1) is 0 Å². The van der Waals surface area contributed by atoms with Crippen LogP contribution in [0.3, 0.4) is 0 Å². The number of hydrogen-bond acceptors (Lipinski definition) is 3. The van der Waals surface area contributed by atoms with Gasteiger partial charge >= 0.3 is 0 Å². The summed E-state index contributed by atoms with van der Waals surface area (Å²) < 4.78 is 6.23. The average molecular weight is 573 g/mol. The molecule has 0 spiro atoms. The highest BCUT2D eigenvalue weighted by Gasteiger charge is 2.18. The molecule has 2 heterocycles. The fourth-order valence-electron chi connectivity index (χ4n) is 7.17. The number of aromatic nitrogens is 2. The van der Waals surface area contributed by atoms with Crippen molar-refractivity contribution in [1.82, 2.24) is 9.97 Å². The smallest absolute Gasteiger partial charge is 0.160 e. The molecule has 0 aliphatic carbocycles. The van der Waals surface area contributed by atoms with Gasteiger partial charge < -0.3 is 4.42 Å². The summed E-state index contributed by atoms with van der Waals surface area (Å²) in [6.45, 7) is 0. The van der Waals surface area contributed by atoms with Gasteiger partial charge in [-0.2, -0.15) is 0 Å². The first kappa shape index (κ1) is 24.4. The van der Waals surface area contributed by atoms with Crippen LogP contribution in [-0.4, -0.2) is 9.97 Å². The van der Waals surface area contributed by atoms with E-state index in [1.807, 2.05) is 30.3 Å². The summed E-state index contributed by atoms with van der Waals surface area (Å²) in [6.07, 6.45) is 0. The van der Waals surface area contributed by atoms with Crippen LogP contribution in [0.25, 0.3) is 98.6 Å². The van der Waals surface area contributed by atoms with Gasteiger partial charge in [-0.1, -0.05) is 121 Å². The topological polar surface area (TPSA) is 38.9 Å². The number of rotatable bonds is 2. The Balaban J connectivity index is 1.20. The molecule has 208 valence electrons. The standard InChI is InChI=1S/C42H24N2O/c1-2-9-30-25(8-1)16-17-26-18-22-31-29-21-20-28(24-27(29)19-23-32(31)39(26)30)42-43-36-13-5-3-10-33(36)41(44-42)35-12-7-15-38-40(35)34-11-4-6-14-37(34)45-38/h1-24H. The Bertz CT molecular complexity index is 2830. The van der Waals surface area contributed by atoms with Crippen molar-refractivity contribution in [3.8, 4) is 22.6 Å². The Morgan fingerprint density at radius 1 is 0.400 bits per heavy atom. The van der Waals surface area contributed by atoms with Crippen LogP contribution in [0.15, 0.2) is 150 Å². The van der Waals surface area contributed by atoms with Crippen molar-refractivity contribution in [3.63, 3.8) is 0 Å². The van der Waals surface area contributed by atoms with Gasteiger partial charge in [0.25, 0.3) is 0 Å². The van der Waals surface area contributed by atoms with E-state index in [1.54, 1.807) is 0 Å². The molecule has 0 fully saturated rings. The normalized spacial score (nSPS) is 12.0. The highest BCUT2D eigenvalue weighted by atomic mass is 16.3. The van der Waals surface area contributed by atoms with Crippen LogP contribution in [0.2, 0.25) is 0 Å². The van der Waals surface area contributed by atoms with E-state index in [2.05, 4.69) is 115 Å². The molecule has 0 atom stereocenters. The molecule has 0 N–H and O–H groups in total. The third kappa shape index (κ3) is 3.58. The molecule has 0 saturated heterocycles. The minimum Gasteiger partial charge on any atom is -0.456 e. The lowest BCUT2D eigenvalue weighted by molar-refractivity contribution is 0.669. The van der Waals surface area contributed by atoms with E-state index < -0.39 is 0 Å². The second-order valence-corrected chi connectivity index (χ2v) is 11.7. The summed E-state index contributed by atoms with van der Waals surface area (Å²) in [6, 6.07) is 51.4. The largest absolute Gasteiger partial charge is 0.456 e. The molecular weight excluding hydrogens is 548 g/mol. The van der Waals surface area contributed by atoms with Crippen molar-refractivity contribution in [3.05, 3.63) is 146 Å². The number of hydrogen-bond donors (Lipinski definition) is 0. The highest BCUT2D eigenvalue weighted by Crippen LogP contribution is 2.40. The molecule has 10 aromatic rings. The molecule has 0 radical (unpaired) electrons. The van der Waals surface area contributed by atoms with Gasteiger partial charge in [-0.05, 0) is 67.4 Å². The van der Waals surface area contributed by atoms with Gasteiger partial charge in [-0.3, -0.25) is 0 Å². The molecule has 0 saturated carbocycles. The molecule has 0 unspecified atom stereocenters. The van der Waals surface area contributed by atoms with Crippen molar-refractivity contribution >= 4 is 75.9 Å². The number of fused-ring (bicyclic) bond motifs is 11. The first-order valence-electron chi connectivity index (χ1n) is 15.2. The molecule has 3 heteroatoms. The van der Waals surface area contributed by atoms with Crippen LogP contribution in [0.5, 0.6) is 0 Å². The Hall–Kier alpha value is -6.06. The summed E-state index contributed by atoms with van der Waals surface area (Å²) in [4.78, 5) is 10.3. The van der Waals surface area contributed by atoms with Crippen molar-refractivity contribution in [2.45, 2.75) is 0 Å². The fraction of sp³-hybridized carbons (Fsp3) is 0. The van der Waals surface area contributed by atoms with E-state index >= 15 is 0 Å². The van der Waals surface area contributed by atoms with Gasteiger partial charge in [0.1, 0.15) is 11.2 Å². The highest BCUT2D eigenvalue weighted by molar-refractivity contribution is 6.24. The minimum absolute atomic E-state index is 0.708. The molecule has 0 amide bonds. The average Bonchev–Trinajstić information content (AvgIpc) is 3.49. The van der Waals surface area contributed by atoms with Crippen molar-refractivity contribution < 1.29 is 4.42 Å². The molecule has 2 aromatic heterocycles. The molecule has 3 nitrogen and oxygen atoms in total. The molecule has 0 aliphatic heterocycles. The Morgan fingerprint density at radius 2 is 1.11 bits per heavy atom. The second kappa shape index (κ2) is 9.22. The van der Waals surface area contributed by atoms with E-state index in [0.29, 0.717) is 5.82 Å². The third-order valence-electron chi connectivity index (χ3n) is 9.24. The molecule has 45 heavy (non-hydrogen) atoms. The molecular formula is C42H24N2O. The zero-order valence-corrected chi connectivity index (χ0v) is 24.2. The van der Waals surface area contributed by atoms with Crippen LogP contribution < -0.4 is 0 Å². The predicted octanol–water partition coefficient (Wildman–Crippen LogP) is 11.5. The number of benzene rings is 8. The number of para-hydroxylation sites is 2. The lowest BCUT2D eigenvalue weighted by Crippen LogP contribution is -1.95. The van der Waals surface area contributed by atoms with E-state index in [0.717, 1.165) is 49.7 Å². The number of furan rings is 1. The summed E-state index contributed by atoms with van der Waals surface area (Å²) in [5.74, 6) is 0.708. The summed E-state index contributed by atoms with van der Waals surface area (Å²) in [5.41, 5.74) is 5.59. The van der Waals surface area contributed by atoms with Crippen LogP contribution >= 0.6 is 0 Å². The lowest BCUT2D eigenvalue weighted by atomic mass is 9.93. The first-order chi connectivity index (χ1) is 22.3. The van der Waals surface area contributed by atoms with Gasteiger partial charge in [-0.25, -0.2) is 9.97 Å². The first-order valence-corrected chi connectivity index (χ1v) is 15.2. The van der Waals surface area contributed by atoms with Crippen LogP contribution in [0.1, 0.15) is 0 Å². The van der Waals surface area contributed by atoms with Crippen LogP contribution in [-0.2, 0) is 0 Å². The van der Waals surface area contributed by atoms with Gasteiger partial charge in [-0.15, -0.1) is 0 Å². The minimum atomic E-state index is 0.708. The van der Waals surface area contributed by atoms with Crippen LogP contribution in [0.4, 0.5) is 0 Å². The van der Waals surface area contributed by atoms with Gasteiger partial charge in [0.15, 0.2) is 5.82 Å². The van der Waals surface area contributed by atoms with Gasteiger partial charge in [0.05, 0.1) is 11.2 Å². The summed E-state index contributed by atoms with van der Waals surface area (Å²) in [5, 5.41) is 13.2. The Labute approximate surface area is 258 Å². The van der Waals surface area contributed by atoms with E-state index in [1.165, 1.54) is 43.1 Å². The molecule has 8 aromatic carbocycles. The maximum absolute atomic E-state index is 6.23. The lowest BCUT2D eigenvalue weighted by Gasteiger charge is -2.12. The van der Waals surface area contributed by atoms with Crippen molar-refractivity contribution in [2.24, 2.45) is 0 Å². The maximum atomic E-state index is 6.23. The van der Waals surface area contributed by atoms with E-state index in [9.17, 15) is 0 Å². The van der Waals surface area contributed by atoms with Crippen molar-refractivity contribution in [2.75, 3.05) is 0 Å².